The summed E-state index contributed by atoms with van der Waals surface area (Å²) < 4.78 is 32.7. The van der Waals surface area contributed by atoms with Crippen LogP contribution in [0.5, 0.6) is 5.75 Å². The van der Waals surface area contributed by atoms with Crippen molar-refractivity contribution in [1.82, 2.24) is 0 Å². The molecule has 4 atom stereocenters. The van der Waals surface area contributed by atoms with Crippen LogP contribution in [0.25, 0.3) is 0 Å². The van der Waals surface area contributed by atoms with Gasteiger partial charge >= 0.3 is 6.16 Å². The minimum absolute atomic E-state index is 0.0335. The average Bonchev–Trinajstić information content (AvgIpc) is 3.00. The third-order valence-electron chi connectivity index (χ3n) is 3.79. The Hall–Kier alpha value is -1.87. The zero-order valence-corrected chi connectivity index (χ0v) is 13.8. The second-order valence-corrected chi connectivity index (χ2v) is 6.08. The van der Waals surface area contributed by atoms with Gasteiger partial charge in [-0.2, -0.15) is 0 Å². The number of hydrogen-bond donors (Lipinski definition) is 1. The molecule has 1 aromatic rings. The van der Waals surface area contributed by atoms with Crippen molar-refractivity contribution < 1.29 is 33.2 Å². The molecule has 8 nitrogen and oxygen atoms in total. The molecule has 2 fully saturated rings. The minimum Gasteiger partial charge on any atom is -0.431 e. The van der Waals surface area contributed by atoms with E-state index in [1.807, 2.05) is 13.8 Å². The Labute approximate surface area is 139 Å². The normalized spacial score (nSPS) is 30.8. The fourth-order valence-corrected chi connectivity index (χ4v) is 2.78. The van der Waals surface area contributed by atoms with Crippen LogP contribution >= 0.6 is 0 Å². The standard InChI is InChI=1S/C16H21NO7/c1-16(2)23-12-11(22-14(19-3)13(12)24-16)8-20-15(18)21-10-6-4-9(17)5-7-10/h4-7,11-14H,8,17H2,1-3H3/t11?,12-,13-,14-/m1/s1. The number of carbonyl (C=O) groups excluding carboxylic acids is 1. The van der Waals surface area contributed by atoms with E-state index < -0.39 is 24.3 Å². The highest BCUT2D eigenvalue weighted by molar-refractivity contribution is 5.64. The highest BCUT2D eigenvalue weighted by atomic mass is 16.8. The number of benzene rings is 1. The number of methoxy groups -OCH3 is 1. The van der Waals surface area contributed by atoms with Crippen molar-refractivity contribution in [2.24, 2.45) is 0 Å². The highest BCUT2D eigenvalue weighted by Gasteiger charge is 2.55. The lowest BCUT2D eigenvalue weighted by molar-refractivity contribution is -0.230. The molecule has 2 N–H and O–H groups in total. The van der Waals surface area contributed by atoms with Crippen molar-refractivity contribution in [3.05, 3.63) is 24.3 Å². The largest absolute Gasteiger partial charge is 0.513 e. The molecule has 1 aromatic carbocycles. The molecule has 2 aliphatic heterocycles. The summed E-state index contributed by atoms with van der Waals surface area (Å²) in [6.45, 7) is 3.59. The van der Waals surface area contributed by atoms with Gasteiger partial charge in [0.15, 0.2) is 12.1 Å². The Balaban J connectivity index is 1.54. The number of rotatable bonds is 4. The number of nitrogen functional groups attached to an aromatic ring is 1. The van der Waals surface area contributed by atoms with E-state index >= 15 is 0 Å². The van der Waals surface area contributed by atoms with Gasteiger partial charge in [0.2, 0.25) is 0 Å². The number of nitrogens with two attached hydrogens (primary N) is 1. The molecule has 3 rings (SSSR count). The maximum absolute atomic E-state index is 11.8. The van der Waals surface area contributed by atoms with Crippen LogP contribution in [0.3, 0.4) is 0 Å². The summed E-state index contributed by atoms with van der Waals surface area (Å²) in [6, 6.07) is 6.41. The molecular formula is C16H21NO7. The van der Waals surface area contributed by atoms with Crippen LogP contribution < -0.4 is 10.5 Å². The van der Waals surface area contributed by atoms with Gasteiger partial charge in [0.25, 0.3) is 0 Å². The van der Waals surface area contributed by atoms with E-state index in [0.29, 0.717) is 11.4 Å². The van der Waals surface area contributed by atoms with Gasteiger partial charge in [-0.3, -0.25) is 0 Å². The van der Waals surface area contributed by atoms with Crippen molar-refractivity contribution in [3.63, 3.8) is 0 Å². The molecular weight excluding hydrogens is 318 g/mol. The van der Waals surface area contributed by atoms with Crippen LogP contribution in [0.1, 0.15) is 13.8 Å². The maximum atomic E-state index is 11.8. The molecule has 0 amide bonds. The summed E-state index contributed by atoms with van der Waals surface area (Å²) in [5, 5.41) is 0. The Bertz CT molecular complexity index is 589. The van der Waals surface area contributed by atoms with E-state index in [-0.39, 0.29) is 18.8 Å². The van der Waals surface area contributed by atoms with Gasteiger partial charge in [0, 0.05) is 12.8 Å². The Morgan fingerprint density at radius 2 is 1.88 bits per heavy atom. The quantitative estimate of drug-likeness (QED) is 0.502. The van der Waals surface area contributed by atoms with Crippen LogP contribution in [0.15, 0.2) is 24.3 Å². The zero-order chi connectivity index (χ0) is 17.3. The van der Waals surface area contributed by atoms with Crippen LogP contribution in [-0.2, 0) is 23.7 Å². The lowest BCUT2D eigenvalue weighted by atomic mass is 10.1. The summed E-state index contributed by atoms with van der Waals surface area (Å²) in [5.41, 5.74) is 6.15. The number of anilines is 1. The SMILES string of the molecule is CO[C@@H]1OC(COC(=O)Oc2ccc(N)cc2)[C@H]2OC(C)(C)O[C@@H]12. The van der Waals surface area contributed by atoms with Crippen molar-refractivity contribution in [1.29, 1.82) is 0 Å². The third kappa shape index (κ3) is 3.62. The molecule has 0 spiro atoms. The highest BCUT2D eigenvalue weighted by Crippen LogP contribution is 2.38. The number of carbonyl (C=O) groups is 1. The predicted molar refractivity (Wildman–Crippen MR) is 82.3 cm³/mol. The molecule has 0 aliphatic carbocycles. The molecule has 132 valence electrons. The summed E-state index contributed by atoms with van der Waals surface area (Å²) in [5.74, 6) is -0.394. The number of ether oxygens (including phenoxy) is 6. The summed E-state index contributed by atoms with van der Waals surface area (Å²) >= 11 is 0. The Kier molecular flexibility index (Phi) is 4.64. The first kappa shape index (κ1) is 17.0. The zero-order valence-electron chi connectivity index (χ0n) is 13.8. The fourth-order valence-electron chi connectivity index (χ4n) is 2.78. The first-order valence-corrected chi connectivity index (χ1v) is 7.62. The molecule has 2 aliphatic rings. The van der Waals surface area contributed by atoms with E-state index in [0.717, 1.165) is 0 Å². The van der Waals surface area contributed by atoms with E-state index in [1.165, 1.54) is 7.11 Å². The van der Waals surface area contributed by atoms with E-state index in [4.69, 9.17) is 34.2 Å². The van der Waals surface area contributed by atoms with Gasteiger partial charge in [-0.1, -0.05) is 0 Å². The second-order valence-electron chi connectivity index (χ2n) is 6.08. The second kappa shape index (κ2) is 6.56. The first-order valence-electron chi connectivity index (χ1n) is 7.62. The minimum atomic E-state index is -0.834. The van der Waals surface area contributed by atoms with Crippen LogP contribution in [0.4, 0.5) is 10.5 Å². The molecule has 2 heterocycles. The molecule has 2 saturated heterocycles. The van der Waals surface area contributed by atoms with Gasteiger partial charge in [-0.25, -0.2) is 4.79 Å². The summed E-state index contributed by atoms with van der Waals surface area (Å²) in [7, 11) is 1.52. The molecule has 0 saturated carbocycles. The predicted octanol–water partition coefficient (Wildman–Crippen LogP) is 1.68. The van der Waals surface area contributed by atoms with Crippen molar-refractivity contribution in [2.45, 2.75) is 44.2 Å². The maximum Gasteiger partial charge on any atom is 0.513 e. The molecule has 0 radical (unpaired) electrons. The van der Waals surface area contributed by atoms with Gasteiger partial charge in [0.05, 0.1) is 0 Å². The summed E-state index contributed by atoms with van der Waals surface area (Å²) in [4.78, 5) is 11.8. The van der Waals surface area contributed by atoms with Crippen LogP contribution in [0, 0.1) is 0 Å². The molecule has 0 bridgehead atoms. The monoisotopic (exact) mass is 339 g/mol. The fraction of sp³-hybridized carbons (Fsp3) is 0.562. The Morgan fingerprint density at radius 3 is 2.54 bits per heavy atom. The molecule has 0 aromatic heterocycles. The molecule has 24 heavy (non-hydrogen) atoms. The van der Waals surface area contributed by atoms with E-state index in [9.17, 15) is 4.79 Å². The Morgan fingerprint density at radius 1 is 1.21 bits per heavy atom. The lowest BCUT2D eigenvalue weighted by Crippen LogP contribution is -2.34. The van der Waals surface area contributed by atoms with Gasteiger partial charge in [-0.05, 0) is 38.1 Å². The topological polar surface area (TPSA) is 98.5 Å². The van der Waals surface area contributed by atoms with Gasteiger partial charge < -0.3 is 34.2 Å². The lowest BCUT2D eigenvalue weighted by Gasteiger charge is -2.23. The number of fused-ring (bicyclic) bond motifs is 1. The van der Waals surface area contributed by atoms with Crippen molar-refractivity contribution in [2.75, 3.05) is 19.5 Å². The van der Waals surface area contributed by atoms with Crippen LogP contribution in [-0.4, -0.2) is 50.3 Å². The smallest absolute Gasteiger partial charge is 0.431 e. The van der Waals surface area contributed by atoms with Crippen molar-refractivity contribution in [3.8, 4) is 5.75 Å². The van der Waals surface area contributed by atoms with Crippen molar-refractivity contribution >= 4 is 11.8 Å². The molecule has 8 heteroatoms. The average molecular weight is 339 g/mol. The number of hydrogen-bond acceptors (Lipinski definition) is 8. The first-order chi connectivity index (χ1) is 11.4. The van der Waals surface area contributed by atoms with E-state index in [2.05, 4.69) is 0 Å². The van der Waals surface area contributed by atoms with Crippen LogP contribution in [0.2, 0.25) is 0 Å². The van der Waals surface area contributed by atoms with Gasteiger partial charge in [0.1, 0.15) is 30.7 Å². The molecule has 1 unspecified atom stereocenters. The van der Waals surface area contributed by atoms with E-state index in [1.54, 1.807) is 24.3 Å². The summed E-state index contributed by atoms with van der Waals surface area (Å²) in [6.07, 6.45) is -2.65. The third-order valence-corrected chi connectivity index (χ3v) is 3.79. The van der Waals surface area contributed by atoms with Gasteiger partial charge in [-0.15, -0.1) is 0 Å².